The number of hydrogen-bond donors (Lipinski definition) is 1. The standard InChI is InChI=1S/C15H26O/c1-12(2)15(16)11-7-6-10-14(15)13-8-4-3-5-9-13/h13-14,16H,1,3-11H2,2H3. The summed E-state index contributed by atoms with van der Waals surface area (Å²) in [5.41, 5.74) is 0.461. The van der Waals surface area contributed by atoms with Crippen molar-refractivity contribution in [2.45, 2.75) is 70.3 Å². The fourth-order valence-electron chi connectivity index (χ4n) is 3.87. The molecule has 92 valence electrons. The molecule has 0 aromatic heterocycles. The molecule has 1 N–H and O–H groups in total. The summed E-state index contributed by atoms with van der Waals surface area (Å²) in [5.74, 6) is 1.26. The predicted molar refractivity (Wildman–Crippen MR) is 68.3 cm³/mol. The molecule has 1 nitrogen and oxygen atoms in total. The maximum absolute atomic E-state index is 10.9. The van der Waals surface area contributed by atoms with Gasteiger partial charge >= 0.3 is 0 Å². The van der Waals surface area contributed by atoms with Crippen LogP contribution in [0.15, 0.2) is 12.2 Å². The molecule has 0 bridgehead atoms. The van der Waals surface area contributed by atoms with Crippen LogP contribution in [0.1, 0.15) is 64.7 Å². The first-order valence-corrected chi connectivity index (χ1v) is 7.03. The molecule has 0 aromatic rings. The van der Waals surface area contributed by atoms with E-state index in [1.807, 2.05) is 6.92 Å². The average Bonchev–Trinajstić information content (AvgIpc) is 2.30. The molecule has 0 aliphatic heterocycles. The van der Waals surface area contributed by atoms with Crippen LogP contribution in [0.2, 0.25) is 0 Å². The van der Waals surface area contributed by atoms with Gasteiger partial charge in [-0.1, -0.05) is 51.5 Å². The zero-order valence-electron chi connectivity index (χ0n) is 10.7. The van der Waals surface area contributed by atoms with Gasteiger partial charge in [0.1, 0.15) is 0 Å². The maximum atomic E-state index is 10.9. The molecule has 0 spiro atoms. The van der Waals surface area contributed by atoms with E-state index in [-0.39, 0.29) is 0 Å². The highest BCUT2D eigenvalue weighted by Crippen LogP contribution is 2.46. The second-order valence-electron chi connectivity index (χ2n) is 5.95. The average molecular weight is 222 g/mol. The van der Waals surface area contributed by atoms with E-state index in [0.29, 0.717) is 5.92 Å². The van der Waals surface area contributed by atoms with Crippen molar-refractivity contribution in [3.8, 4) is 0 Å². The van der Waals surface area contributed by atoms with Gasteiger partial charge in [0, 0.05) is 0 Å². The Hall–Kier alpha value is -0.300. The van der Waals surface area contributed by atoms with Gasteiger partial charge < -0.3 is 5.11 Å². The van der Waals surface area contributed by atoms with Crippen LogP contribution in [0.4, 0.5) is 0 Å². The first kappa shape index (κ1) is 12.2. The Morgan fingerprint density at radius 2 is 1.69 bits per heavy atom. The lowest BCUT2D eigenvalue weighted by molar-refractivity contribution is -0.0475. The Labute approximate surface area is 99.9 Å². The molecule has 2 aliphatic carbocycles. The van der Waals surface area contributed by atoms with Crippen LogP contribution in [0.5, 0.6) is 0 Å². The van der Waals surface area contributed by atoms with Crippen LogP contribution in [-0.4, -0.2) is 10.7 Å². The van der Waals surface area contributed by atoms with Crippen molar-refractivity contribution < 1.29 is 5.11 Å². The lowest BCUT2D eigenvalue weighted by Crippen LogP contribution is -2.45. The molecule has 2 aliphatic rings. The van der Waals surface area contributed by atoms with Crippen molar-refractivity contribution in [3.63, 3.8) is 0 Å². The van der Waals surface area contributed by atoms with Gasteiger partial charge in [-0.2, -0.15) is 0 Å². The second-order valence-corrected chi connectivity index (χ2v) is 5.95. The molecule has 0 saturated heterocycles. The van der Waals surface area contributed by atoms with Crippen molar-refractivity contribution in [3.05, 3.63) is 12.2 Å². The Morgan fingerprint density at radius 3 is 2.31 bits per heavy atom. The van der Waals surface area contributed by atoms with Crippen molar-refractivity contribution in [2.24, 2.45) is 11.8 Å². The lowest BCUT2D eigenvalue weighted by atomic mass is 9.63. The van der Waals surface area contributed by atoms with Gasteiger partial charge in [0.05, 0.1) is 5.60 Å². The highest BCUT2D eigenvalue weighted by atomic mass is 16.3. The van der Waals surface area contributed by atoms with E-state index >= 15 is 0 Å². The van der Waals surface area contributed by atoms with E-state index in [0.717, 1.165) is 17.9 Å². The van der Waals surface area contributed by atoms with E-state index in [9.17, 15) is 5.11 Å². The number of hydrogen-bond acceptors (Lipinski definition) is 1. The third kappa shape index (κ3) is 2.20. The summed E-state index contributed by atoms with van der Waals surface area (Å²) in [6.45, 7) is 6.06. The first-order chi connectivity index (χ1) is 7.64. The zero-order chi connectivity index (χ0) is 11.6. The molecule has 0 radical (unpaired) electrons. The fraction of sp³-hybridized carbons (Fsp3) is 0.867. The van der Waals surface area contributed by atoms with Crippen molar-refractivity contribution in [2.75, 3.05) is 0 Å². The van der Waals surface area contributed by atoms with E-state index in [4.69, 9.17) is 0 Å². The van der Waals surface area contributed by atoms with Crippen LogP contribution in [0.3, 0.4) is 0 Å². The van der Waals surface area contributed by atoms with E-state index in [1.165, 1.54) is 51.4 Å². The van der Waals surface area contributed by atoms with Crippen LogP contribution >= 0.6 is 0 Å². The van der Waals surface area contributed by atoms with Gasteiger partial charge in [-0.15, -0.1) is 0 Å². The molecule has 2 fully saturated rings. The Morgan fingerprint density at radius 1 is 1.06 bits per heavy atom. The summed E-state index contributed by atoms with van der Waals surface area (Å²) < 4.78 is 0. The normalized spacial score (nSPS) is 37.2. The minimum Gasteiger partial charge on any atom is -0.385 e. The highest BCUT2D eigenvalue weighted by molar-refractivity contribution is 5.14. The lowest BCUT2D eigenvalue weighted by Gasteiger charge is -2.45. The van der Waals surface area contributed by atoms with Gasteiger partial charge in [0.25, 0.3) is 0 Å². The Kier molecular flexibility index (Phi) is 3.73. The molecule has 16 heavy (non-hydrogen) atoms. The zero-order valence-corrected chi connectivity index (χ0v) is 10.7. The predicted octanol–water partition coefficient (Wildman–Crippen LogP) is 4.06. The summed E-state index contributed by atoms with van der Waals surface area (Å²) in [5, 5.41) is 10.9. The summed E-state index contributed by atoms with van der Waals surface area (Å²) in [6.07, 6.45) is 11.4. The van der Waals surface area contributed by atoms with Crippen LogP contribution in [0, 0.1) is 11.8 Å². The summed E-state index contributed by atoms with van der Waals surface area (Å²) in [7, 11) is 0. The summed E-state index contributed by atoms with van der Waals surface area (Å²) in [6, 6.07) is 0. The molecular weight excluding hydrogens is 196 g/mol. The SMILES string of the molecule is C=C(C)C1(O)CCCCC1C1CCCCC1. The van der Waals surface area contributed by atoms with E-state index in [1.54, 1.807) is 0 Å². The van der Waals surface area contributed by atoms with Gasteiger partial charge in [-0.25, -0.2) is 0 Å². The third-order valence-corrected chi connectivity index (χ3v) is 4.89. The monoisotopic (exact) mass is 222 g/mol. The molecule has 0 amide bonds. The summed E-state index contributed by atoms with van der Waals surface area (Å²) in [4.78, 5) is 0. The van der Waals surface area contributed by atoms with Gasteiger partial charge in [-0.05, 0) is 37.2 Å². The van der Waals surface area contributed by atoms with Crippen LogP contribution in [-0.2, 0) is 0 Å². The molecule has 0 aromatic carbocycles. The molecule has 2 rings (SSSR count). The van der Waals surface area contributed by atoms with Gasteiger partial charge in [-0.3, -0.25) is 0 Å². The maximum Gasteiger partial charge on any atom is 0.0882 e. The molecule has 0 heterocycles. The van der Waals surface area contributed by atoms with Gasteiger partial charge in [0.2, 0.25) is 0 Å². The number of aliphatic hydroxyl groups is 1. The Balaban J connectivity index is 2.12. The Bertz CT molecular complexity index is 252. The van der Waals surface area contributed by atoms with Crippen LogP contribution < -0.4 is 0 Å². The largest absolute Gasteiger partial charge is 0.385 e. The van der Waals surface area contributed by atoms with Crippen molar-refractivity contribution in [1.82, 2.24) is 0 Å². The third-order valence-electron chi connectivity index (χ3n) is 4.89. The van der Waals surface area contributed by atoms with Crippen LogP contribution in [0.25, 0.3) is 0 Å². The minimum absolute atomic E-state index is 0.499. The fourth-order valence-corrected chi connectivity index (χ4v) is 3.87. The van der Waals surface area contributed by atoms with E-state index in [2.05, 4.69) is 6.58 Å². The summed E-state index contributed by atoms with van der Waals surface area (Å²) >= 11 is 0. The molecule has 2 saturated carbocycles. The molecule has 1 heteroatoms. The number of rotatable bonds is 2. The van der Waals surface area contributed by atoms with Gasteiger partial charge in [0.15, 0.2) is 0 Å². The second kappa shape index (κ2) is 4.91. The quantitative estimate of drug-likeness (QED) is 0.698. The van der Waals surface area contributed by atoms with Crippen molar-refractivity contribution in [1.29, 1.82) is 0 Å². The first-order valence-electron chi connectivity index (χ1n) is 7.03. The van der Waals surface area contributed by atoms with Crippen molar-refractivity contribution >= 4 is 0 Å². The van der Waals surface area contributed by atoms with E-state index < -0.39 is 5.60 Å². The minimum atomic E-state index is -0.541. The molecular formula is C15H26O. The molecule has 2 atom stereocenters. The molecule has 2 unspecified atom stereocenters. The highest BCUT2D eigenvalue weighted by Gasteiger charge is 2.43. The smallest absolute Gasteiger partial charge is 0.0882 e. The topological polar surface area (TPSA) is 20.2 Å².